The highest BCUT2D eigenvalue weighted by molar-refractivity contribution is 6.30. The fourth-order valence-corrected chi connectivity index (χ4v) is 2.15. The average molecular weight is 352 g/mol. The molecule has 0 spiro atoms. The van der Waals surface area contributed by atoms with Crippen LogP contribution in [0.1, 0.15) is 36.6 Å². The van der Waals surface area contributed by atoms with Crippen LogP contribution in [0, 0.1) is 0 Å². The molecule has 0 radical (unpaired) electrons. The van der Waals surface area contributed by atoms with Gasteiger partial charge in [0.05, 0.1) is 6.10 Å². The predicted octanol–water partition coefficient (Wildman–Crippen LogP) is 4.06. The molecule has 1 amide bonds. The number of halogens is 1. The lowest BCUT2D eigenvalue weighted by Gasteiger charge is -2.07. The van der Waals surface area contributed by atoms with Gasteiger partial charge in [0.15, 0.2) is 5.76 Å². The smallest absolute Gasteiger partial charge is 0.286 e. The Morgan fingerprint density at radius 3 is 2.88 bits per heavy atom. The van der Waals surface area contributed by atoms with Crippen molar-refractivity contribution in [2.45, 2.75) is 33.0 Å². The predicted molar refractivity (Wildman–Crippen MR) is 92.5 cm³/mol. The minimum atomic E-state index is -0.242. The molecule has 1 aromatic heterocycles. The summed E-state index contributed by atoms with van der Waals surface area (Å²) >= 11 is 5.90. The third kappa shape index (κ3) is 6.26. The Morgan fingerprint density at radius 2 is 2.12 bits per heavy atom. The number of amides is 1. The molecule has 0 bridgehead atoms. The molecule has 0 atom stereocenters. The first-order valence-electron chi connectivity index (χ1n) is 7.91. The molecule has 1 heterocycles. The van der Waals surface area contributed by atoms with E-state index >= 15 is 0 Å². The minimum absolute atomic E-state index is 0.202. The van der Waals surface area contributed by atoms with Gasteiger partial charge in [-0.3, -0.25) is 4.79 Å². The van der Waals surface area contributed by atoms with E-state index in [0.29, 0.717) is 29.7 Å². The van der Waals surface area contributed by atoms with E-state index in [1.165, 1.54) is 0 Å². The molecular weight excluding hydrogens is 330 g/mol. The second-order valence-corrected chi connectivity index (χ2v) is 5.98. The maximum Gasteiger partial charge on any atom is 0.286 e. The summed E-state index contributed by atoms with van der Waals surface area (Å²) < 4.78 is 16.5. The van der Waals surface area contributed by atoms with Gasteiger partial charge in [-0.25, -0.2) is 0 Å². The van der Waals surface area contributed by atoms with Crippen molar-refractivity contribution in [3.05, 3.63) is 52.9 Å². The van der Waals surface area contributed by atoms with Crippen LogP contribution in [0.15, 0.2) is 40.8 Å². The maximum absolute atomic E-state index is 12.0. The van der Waals surface area contributed by atoms with Gasteiger partial charge in [-0.2, -0.15) is 0 Å². The zero-order chi connectivity index (χ0) is 17.4. The van der Waals surface area contributed by atoms with Crippen LogP contribution in [0.4, 0.5) is 0 Å². The SMILES string of the molecule is CC(C)OCCCNC(=O)c1ccc(COc2cccc(Cl)c2)o1. The number of carbonyl (C=O) groups excluding carboxylic acids is 1. The van der Waals surface area contributed by atoms with Crippen molar-refractivity contribution in [2.75, 3.05) is 13.2 Å². The fraction of sp³-hybridized carbons (Fsp3) is 0.389. The number of hydrogen-bond donors (Lipinski definition) is 1. The van der Waals surface area contributed by atoms with E-state index in [4.69, 9.17) is 25.5 Å². The van der Waals surface area contributed by atoms with E-state index in [0.717, 1.165) is 6.42 Å². The lowest BCUT2D eigenvalue weighted by molar-refractivity contribution is 0.0753. The third-order valence-corrected chi connectivity index (χ3v) is 3.36. The van der Waals surface area contributed by atoms with Crippen LogP contribution in [0.25, 0.3) is 0 Å². The quantitative estimate of drug-likeness (QED) is 0.692. The number of ether oxygens (including phenoxy) is 2. The van der Waals surface area contributed by atoms with Crippen molar-refractivity contribution in [2.24, 2.45) is 0 Å². The Hall–Kier alpha value is -1.98. The van der Waals surface area contributed by atoms with Gasteiger partial charge in [0.1, 0.15) is 18.1 Å². The van der Waals surface area contributed by atoms with Crippen molar-refractivity contribution < 1.29 is 18.7 Å². The Morgan fingerprint density at radius 1 is 1.29 bits per heavy atom. The van der Waals surface area contributed by atoms with Crippen molar-refractivity contribution in [3.63, 3.8) is 0 Å². The van der Waals surface area contributed by atoms with Gasteiger partial charge in [0, 0.05) is 18.2 Å². The monoisotopic (exact) mass is 351 g/mol. The normalized spacial score (nSPS) is 10.8. The molecule has 0 unspecified atom stereocenters. The van der Waals surface area contributed by atoms with E-state index in [9.17, 15) is 4.79 Å². The van der Waals surface area contributed by atoms with Gasteiger partial charge in [0.2, 0.25) is 0 Å². The van der Waals surface area contributed by atoms with E-state index in [2.05, 4.69) is 5.32 Å². The summed E-state index contributed by atoms with van der Waals surface area (Å²) in [5, 5.41) is 3.40. The van der Waals surface area contributed by atoms with Crippen molar-refractivity contribution in [1.29, 1.82) is 0 Å². The number of hydrogen-bond acceptors (Lipinski definition) is 4. The number of benzene rings is 1. The number of rotatable bonds is 9. The number of furan rings is 1. The first kappa shape index (κ1) is 18.4. The van der Waals surface area contributed by atoms with Crippen LogP contribution >= 0.6 is 11.6 Å². The zero-order valence-electron chi connectivity index (χ0n) is 13.9. The van der Waals surface area contributed by atoms with E-state index in [1.807, 2.05) is 26.0 Å². The standard InChI is InChI=1S/C18H22ClNO4/c1-13(2)22-10-4-9-20-18(21)17-8-7-16(24-17)12-23-15-6-3-5-14(19)11-15/h3,5-8,11,13H,4,9-10,12H2,1-2H3,(H,20,21). The van der Waals surface area contributed by atoms with E-state index < -0.39 is 0 Å². The van der Waals surface area contributed by atoms with Crippen molar-refractivity contribution >= 4 is 17.5 Å². The van der Waals surface area contributed by atoms with Crippen LogP contribution in [-0.4, -0.2) is 25.2 Å². The number of carbonyl (C=O) groups is 1. The summed E-state index contributed by atoms with van der Waals surface area (Å²) in [5.41, 5.74) is 0. The molecule has 0 aliphatic rings. The topological polar surface area (TPSA) is 60.7 Å². The van der Waals surface area contributed by atoms with Crippen LogP contribution in [0.2, 0.25) is 5.02 Å². The molecule has 5 nitrogen and oxygen atoms in total. The Kier molecular flexibility index (Phi) is 7.15. The summed E-state index contributed by atoms with van der Waals surface area (Å²) in [7, 11) is 0. The minimum Gasteiger partial charge on any atom is -0.486 e. The van der Waals surface area contributed by atoms with E-state index in [1.54, 1.807) is 24.3 Å². The van der Waals surface area contributed by atoms with Gasteiger partial charge < -0.3 is 19.2 Å². The highest BCUT2D eigenvalue weighted by atomic mass is 35.5. The van der Waals surface area contributed by atoms with Gasteiger partial charge in [-0.15, -0.1) is 0 Å². The molecule has 130 valence electrons. The van der Waals surface area contributed by atoms with Gasteiger partial charge in [-0.05, 0) is 50.6 Å². The number of nitrogens with one attached hydrogen (secondary N) is 1. The molecule has 2 aromatic rings. The molecule has 0 saturated heterocycles. The van der Waals surface area contributed by atoms with Crippen molar-refractivity contribution in [1.82, 2.24) is 5.32 Å². The van der Waals surface area contributed by atoms with Gasteiger partial charge in [0.25, 0.3) is 5.91 Å². The second-order valence-electron chi connectivity index (χ2n) is 5.54. The Labute approximate surface area is 146 Å². The van der Waals surface area contributed by atoms with E-state index in [-0.39, 0.29) is 24.4 Å². The first-order valence-corrected chi connectivity index (χ1v) is 8.29. The molecule has 6 heteroatoms. The van der Waals surface area contributed by atoms with Crippen LogP contribution in [0.5, 0.6) is 5.75 Å². The molecule has 1 N–H and O–H groups in total. The fourth-order valence-electron chi connectivity index (χ4n) is 1.97. The Bertz CT molecular complexity index is 654. The molecule has 24 heavy (non-hydrogen) atoms. The van der Waals surface area contributed by atoms with Crippen LogP contribution < -0.4 is 10.1 Å². The summed E-state index contributed by atoms with van der Waals surface area (Å²) in [5.74, 6) is 1.25. The maximum atomic E-state index is 12.0. The summed E-state index contributed by atoms with van der Waals surface area (Å²) in [6.45, 7) is 5.36. The van der Waals surface area contributed by atoms with Gasteiger partial charge in [-0.1, -0.05) is 17.7 Å². The summed E-state index contributed by atoms with van der Waals surface area (Å²) in [6, 6.07) is 10.5. The highest BCUT2D eigenvalue weighted by Gasteiger charge is 2.11. The molecule has 1 aromatic carbocycles. The molecule has 0 fully saturated rings. The lowest BCUT2D eigenvalue weighted by atomic mass is 10.3. The lowest BCUT2D eigenvalue weighted by Crippen LogP contribution is -2.25. The largest absolute Gasteiger partial charge is 0.486 e. The summed E-state index contributed by atoms with van der Waals surface area (Å²) in [4.78, 5) is 12.0. The highest BCUT2D eigenvalue weighted by Crippen LogP contribution is 2.19. The molecule has 2 rings (SSSR count). The van der Waals surface area contributed by atoms with Crippen molar-refractivity contribution in [3.8, 4) is 5.75 Å². The average Bonchev–Trinajstić information content (AvgIpc) is 3.01. The summed E-state index contributed by atoms with van der Waals surface area (Å²) in [6.07, 6.45) is 0.961. The second kappa shape index (κ2) is 9.35. The third-order valence-electron chi connectivity index (χ3n) is 3.12. The van der Waals surface area contributed by atoms with Crippen LogP contribution in [0.3, 0.4) is 0 Å². The zero-order valence-corrected chi connectivity index (χ0v) is 14.6. The van der Waals surface area contributed by atoms with Crippen LogP contribution in [-0.2, 0) is 11.3 Å². The molecular formula is C18H22ClNO4. The molecule has 0 aliphatic heterocycles. The molecule has 0 aliphatic carbocycles. The first-order chi connectivity index (χ1) is 11.5. The molecule has 0 saturated carbocycles. The van der Waals surface area contributed by atoms with Gasteiger partial charge >= 0.3 is 0 Å². The Balaban J connectivity index is 1.74.